The molecule has 1 heterocycles. The van der Waals surface area contributed by atoms with E-state index < -0.39 is 0 Å². The molecule has 0 fully saturated rings. The molecule has 0 saturated carbocycles. The highest BCUT2D eigenvalue weighted by atomic mass is 79.9. The van der Waals surface area contributed by atoms with Gasteiger partial charge in [0, 0.05) is 11.1 Å². The van der Waals surface area contributed by atoms with Crippen LogP contribution in [0.3, 0.4) is 0 Å². The van der Waals surface area contributed by atoms with Gasteiger partial charge in [0.25, 0.3) is 0 Å². The van der Waals surface area contributed by atoms with Crippen molar-refractivity contribution in [2.24, 2.45) is 0 Å². The second kappa shape index (κ2) is 8.92. The van der Waals surface area contributed by atoms with E-state index in [9.17, 15) is 0 Å². The third-order valence-electron chi connectivity index (χ3n) is 3.11. The highest BCUT2D eigenvalue weighted by molar-refractivity contribution is 9.10. The van der Waals surface area contributed by atoms with Gasteiger partial charge in [-0.15, -0.1) is 10.2 Å². The maximum Gasteiger partial charge on any atom is 0.248 e. The van der Waals surface area contributed by atoms with Gasteiger partial charge in [0.2, 0.25) is 11.8 Å². The third kappa shape index (κ3) is 5.22. The number of unbranched alkanes of at least 4 members (excludes halogenated alkanes) is 3. The minimum atomic E-state index is 0.285. The number of nitrogens with zero attached hydrogens (tertiary/aromatic N) is 2. The predicted molar refractivity (Wildman–Crippen MR) is 84.7 cm³/mol. The Morgan fingerprint density at radius 3 is 2.71 bits per heavy atom. The molecular formula is C15H20BrN3O2. The number of benzene rings is 1. The first kappa shape index (κ1) is 16.1. The van der Waals surface area contributed by atoms with Gasteiger partial charge in [-0.2, -0.15) is 0 Å². The van der Waals surface area contributed by atoms with Crippen molar-refractivity contribution in [3.05, 3.63) is 34.6 Å². The number of rotatable bonds is 9. The summed E-state index contributed by atoms with van der Waals surface area (Å²) in [5, 5.41) is 20.1. The summed E-state index contributed by atoms with van der Waals surface area (Å²) in [7, 11) is 0. The highest BCUT2D eigenvalue weighted by Crippen LogP contribution is 2.26. The summed E-state index contributed by atoms with van der Waals surface area (Å²) in [4.78, 5) is 0. The summed E-state index contributed by atoms with van der Waals surface area (Å²) < 4.78 is 6.59. The lowest BCUT2D eigenvalue weighted by Crippen LogP contribution is -2.14. The smallest absolute Gasteiger partial charge is 0.248 e. The van der Waals surface area contributed by atoms with Crippen LogP contribution in [-0.4, -0.2) is 28.5 Å². The van der Waals surface area contributed by atoms with Crippen LogP contribution in [0.15, 0.2) is 33.2 Å². The molecule has 2 rings (SSSR count). The molecular weight excluding hydrogens is 334 g/mol. The van der Waals surface area contributed by atoms with Crippen molar-refractivity contribution < 1.29 is 9.52 Å². The SMILES string of the molecule is OCCCCCCNCc1nnc(-c2ccccc2Br)o1. The first-order valence-corrected chi connectivity index (χ1v) is 7.99. The third-order valence-corrected chi connectivity index (χ3v) is 3.80. The monoisotopic (exact) mass is 353 g/mol. The summed E-state index contributed by atoms with van der Waals surface area (Å²) in [5.41, 5.74) is 0.903. The van der Waals surface area contributed by atoms with Crippen LogP contribution in [0.4, 0.5) is 0 Å². The molecule has 5 nitrogen and oxygen atoms in total. The second-order valence-corrected chi connectivity index (χ2v) is 5.65. The average molecular weight is 354 g/mol. The van der Waals surface area contributed by atoms with Crippen LogP contribution in [0.5, 0.6) is 0 Å². The molecule has 0 aliphatic rings. The Labute approximate surface area is 132 Å². The average Bonchev–Trinajstić information content (AvgIpc) is 2.95. The lowest BCUT2D eigenvalue weighted by atomic mass is 10.2. The first-order chi connectivity index (χ1) is 10.3. The molecule has 114 valence electrons. The molecule has 0 amide bonds. The largest absolute Gasteiger partial charge is 0.419 e. The van der Waals surface area contributed by atoms with Gasteiger partial charge >= 0.3 is 0 Å². The van der Waals surface area contributed by atoms with Crippen LogP contribution in [0.2, 0.25) is 0 Å². The van der Waals surface area contributed by atoms with Gasteiger partial charge in [-0.25, -0.2) is 0 Å². The van der Waals surface area contributed by atoms with Gasteiger partial charge in [-0.05, 0) is 47.4 Å². The Bertz CT molecular complexity index is 545. The Kier molecular flexibility index (Phi) is 6.85. The topological polar surface area (TPSA) is 71.2 Å². The van der Waals surface area contributed by atoms with E-state index in [-0.39, 0.29) is 6.61 Å². The van der Waals surface area contributed by atoms with E-state index in [2.05, 4.69) is 31.4 Å². The number of aliphatic hydroxyl groups is 1. The molecule has 0 atom stereocenters. The predicted octanol–water partition coefficient (Wildman–Crippen LogP) is 3.14. The lowest BCUT2D eigenvalue weighted by Gasteiger charge is -2.01. The molecule has 1 aromatic heterocycles. The van der Waals surface area contributed by atoms with Crippen LogP contribution < -0.4 is 5.32 Å². The van der Waals surface area contributed by atoms with Gasteiger partial charge in [-0.3, -0.25) is 0 Å². The van der Waals surface area contributed by atoms with Crippen LogP contribution in [-0.2, 0) is 6.54 Å². The van der Waals surface area contributed by atoms with E-state index >= 15 is 0 Å². The Balaban J connectivity index is 1.75. The summed E-state index contributed by atoms with van der Waals surface area (Å²) in [6.45, 7) is 1.78. The summed E-state index contributed by atoms with van der Waals surface area (Å²) >= 11 is 3.47. The van der Waals surface area contributed by atoms with Gasteiger partial charge in [0.15, 0.2) is 0 Å². The summed E-state index contributed by atoms with van der Waals surface area (Å²) in [5.74, 6) is 1.12. The van der Waals surface area contributed by atoms with Crippen LogP contribution in [0.1, 0.15) is 31.6 Å². The number of aliphatic hydroxyl groups excluding tert-OH is 1. The minimum absolute atomic E-state index is 0.285. The minimum Gasteiger partial charge on any atom is -0.419 e. The van der Waals surface area contributed by atoms with E-state index in [1.165, 1.54) is 0 Å². The number of hydrogen-bond acceptors (Lipinski definition) is 5. The molecule has 0 saturated heterocycles. The molecule has 1 aromatic carbocycles. The molecule has 0 spiro atoms. The molecule has 0 aliphatic heterocycles. The zero-order valence-electron chi connectivity index (χ0n) is 11.9. The van der Waals surface area contributed by atoms with Crippen molar-refractivity contribution in [3.63, 3.8) is 0 Å². The number of halogens is 1. The molecule has 2 aromatic rings. The van der Waals surface area contributed by atoms with E-state index in [0.717, 1.165) is 42.3 Å². The zero-order chi connectivity index (χ0) is 14.9. The van der Waals surface area contributed by atoms with E-state index in [1.54, 1.807) is 0 Å². The van der Waals surface area contributed by atoms with E-state index in [1.807, 2.05) is 24.3 Å². The van der Waals surface area contributed by atoms with Gasteiger partial charge in [-0.1, -0.05) is 25.0 Å². The van der Waals surface area contributed by atoms with Gasteiger partial charge < -0.3 is 14.8 Å². The van der Waals surface area contributed by atoms with Crippen LogP contribution in [0, 0.1) is 0 Å². The van der Waals surface area contributed by atoms with Crippen molar-refractivity contribution in [2.75, 3.05) is 13.2 Å². The summed E-state index contributed by atoms with van der Waals surface area (Å²) in [6.07, 6.45) is 4.18. The maximum atomic E-state index is 8.69. The lowest BCUT2D eigenvalue weighted by molar-refractivity contribution is 0.282. The zero-order valence-corrected chi connectivity index (χ0v) is 13.5. The Hall–Kier alpha value is -1.24. The van der Waals surface area contributed by atoms with E-state index in [0.29, 0.717) is 18.3 Å². The fourth-order valence-corrected chi connectivity index (χ4v) is 2.43. The molecule has 0 radical (unpaired) electrons. The van der Waals surface area contributed by atoms with Crippen LogP contribution in [0.25, 0.3) is 11.5 Å². The molecule has 0 unspecified atom stereocenters. The van der Waals surface area contributed by atoms with Crippen molar-refractivity contribution in [1.29, 1.82) is 0 Å². The van der Waals surface area contributed by atoms with Crippen molar-refractivity contribution in [2.45, 2.75) is 32.2 Å². The Morgan fingerprint density at radius 1 is 1.10 bits per heavy atom. The Morgan fingerprint density at radius 2 is 1.90 bits per heavy atom. The van der Waals surface area contributed by atoms with Crippen LogP contribution >= 0.6 is 15.9 Å². The maximum absolute atomic E-state index is 8.69. The molecule has 0 bridgehead atoms. The molecule has 6 heteroatoms. The molecule has 21 heavy (non-hydrogen) atoms. The van der Waals surface area contributed by atoms with E-state index in [4.69, 9.17) is 9.52 Å². The normalized spacial score (nSPS) is 11.0. The summed E-state index contributed by atoms with van der Waals surface area (Å²) in [6, 6.07) is 7.78. The van der Waals surface area contributed by atoms with Gasteiger partial charge in [0.1, 0.15) is 0 Å². The number of nitrogens with one attached hydrogen (secondary N) is 1. The van der Waals surface area contributed by atoms with Gasteiger partial charge in [0.05, 0.1) is 12.1 Å². The second-order valence-electron chi connectivity index (χ2n) is 4.80. The quantitative estimate of drug-likeness (QED) is 0.677. The fraction of sp³-hybridized carbons (Fsp3) is 0.467. The number of hydrogen-bond donors (Lipinski definition) is 2. The van der Waals surface area contributed by atoms with Crippen molar-refractivity contribution >= 4 is 15.9 Å². The van der Waals surface area contributed by atoms with Crippen molar-refractivity contribution in [1.82, 2.24) is 15.5 Å². The molecule has 2 N–H and O–H groups in total. The standard InChI is InChI=1S/C15H20BrN3O2/c16-13-8-4-3-7-12(13)15-19-18-14(21-15)11-17-9-5-1-2-6-10-20/h3-4,7-8,17,20H,1-2,5-6,9-11H2. The van der Waals surface area contributed by atoms with Crippen molar-refractivity contribution in [3.8, 4) is 11.5 Å². The first-order valence-electron chi connectivity index (χ1n) is 7.20. The fourth-order valence-electron chi connectivity index (χ4n) is 1.98. The number of aromatic nitrogens is 2. The highest BCUT2D eigenvalue weighted by Gasteiger charge is 2.10. The molecule has 0 aliphatic carbocycles.